The predicted molar refractivity (Wildman–Crippen MR) is 141 cm³/mol. The fourth-order valence-corrected chi connectivity index (χ4v) is 5.98. The van der Waals surface area contributed by atoms with Crippen LogP contribution in [0.2, 0.25) is 0 Å². The van der Waals surface area contributed by atoms with Gasteiger partial charge in [0.15, 0.2) is 23.1 Å². The van der Waals surface area contributed by atoms with Crippen LogP contribution < -0.4 is 0 Å². The van der Waals surface area contributed by atoms with Crippen LogP contribution in [0.5, 0.6) is 0 Å². The molecule has 0 saturated carbocycles. The van der Waals surface area contributed by atoms with Gasteiger partial charge >= 0.3 is 6.18 Å². The zero-order valence-corrected chi connectivity index (χ0v) is 22.1. The third-order valence-electron chi connectivity index (χ3n) is 6.28. The van der Waals surface area contributed by atoms with Crippen LogP contribution >= 0.6 is 22.7 Å². The molecule has 10 heteroatoms. The molecular weight excluding hydrogens is 552 g/mol. The molecule has 202 valence electrons. The minimum absolute atomic E-state index is 0.0998. The Kier molecular flexibility index (Phi) is 8.87. The summed E-state index contributed by atoms with van der Waals surface area (Å²) in [4.78, 5) is 51.0. The second kappa shape index (κ2) is 12.1. The molecular formula is C29H22F4O4S2. The first-order valence-corrected chi connectivity index (χ1v) is 13.7. The zero-order chi connectivity index (χ0) is 28.2. The van der Waals surface area contributed by atoms with Crippen molar-refractivity contribution in [3.05, 3.63) is 103 Å². The molecule has 1 aliphatic carbocycles. The number of allylic oxidation sites excluding steroid dienone is 4. The lowest BCUT2D eigenvalue weighted by Gasteiger charge is -2.23. The maximum Gasteiger partial charge on any atom is 0.413 e. The first-order chi connectivity index (χ1) is 18.5. The van der Waals surface area contributed by atoms with E-state index in [4.69, 9.17) is 0 Å². The molecule has 1 aromatic carbocycles. The number of alkyl halides is 3. The Labute approximate surface area is 229 Å². The van der Waals surface area contributed by atoms with Gasteiger partial charge in [0.1, 0.15) is 5.82 Å². The molecule has 0 aliphatic heterocycles. The van der Waals surface area contributed by atoms with Gasteiger partial charge in [-0.1, -0.05) is 30.4 Å². The van der Waals surface area contributed by atoms with Gasteiger partial charge in [-0.05, 0) is 42.1 Å². The van der Waals surface area contributed by atoms with Crippen LogP contribution in [-0.4, -0.2) is 29.3 Å². The number of hydrogen-bond donors (Lipinski definition) is 0. The van der Waals surface area contributed by atoms with Crippen molar-refractivity contribution in [3.8, 4) is 0 Å². The third-order valence-corrected chi connectivity index (χ3v) is 8.45. The number of Topliss-reactive ketones (excluding diaryl/α,β-unsaturated/α-hetero) is 4. The van der Waals surface area contributed by atoms with Crippen molar-refractivity contribution >= 4 is 45.8 Å². The molecule has 0 radical (unpaired) electrons. The van der Waals surface area contributed by atoms with E-state index >= 15 is 0 Å². The van der Waals surface area contributed by atoms with Gasteiger partial charge in [0, 0.05) is 47.6 Å². The van der Waals surface area contributed by atoms with Crippen molar-refractivity contribution in [2.45, 2.75) is 44.2 Å². The van der Waals surface area contributed by atoms with Crippen LogP contribution in [0.25, 0.3) is 0 Å². The Balaban J connectivity index is 1.41. The van der Waals surface area contributed by atoms with Crippen molar-refractivity contribution < 1.29 is 36.7 Å². The summed E-state index contributed by atoms with van der Waals surface area (Å²) in [6.07, 6.45) is -3.42. The molecule has 0 bridgehead atoms. The van der Waals surface area contributed by atoms with E-state index in [2.05, 4.69) is 0 Å². The largest absolute Gasteiger partial charge is 0.413 e. The van der Waals surface area contributed by atoms with Gasteiger partial charge in [0.05, 0.1) is 15.3 Å². The Morgan fingerprint density at radius 1 is 0.795 bits per heavy atom. The summed E-state index contributed by atoms with van der Waals surface area (Å²) in [5.41, 5.74) is -1.50. The number of halogens is 4. The Bertz CT molecular complexity index is 1460. The number of thiophene rings is 2. The van der Waals surface area contributed by atoms with E-state index in [-0.39, 0.29) is 47.7 Å². The average molecular weight is 575 g/mol. The minimum Gasteiger partial charge on any atom is -0.294 e. The van der Waals surface area contributed by atoms with Crippen LogP contribution in [0.4, 0.5) is 17.6 Å². The molecule has 3 aromatic rings. The van der Waals surface area contributed by atoms with Gasteiger partial charge in [0.2, 0.25) is 0 Å². The lowest BCUT2D eigenvalue weighted by atomic mass is 9.85. The van der Waals surface area contributed by atoms with Crippen LogP contribution in [0, 0.1) is 5.82 Å². The molecule has 0 spiro atoms. The number of carbonyl (C=O) groups is 4. The van der Waals surface area contributed by atoms with E-state index in [1.807, 2.05) is 0 Å². The molecule has 0 fully saturated rings. The molecule has 2 heterocycles. The van der Waals surface area contributed by atoms with Crippen molar-refractivity contribution in [2.24, 2.45) is 0 Å². The first-order valence-electron chi connectivity index (χ1n) is 12.0. The number of carbonyl (C=O) groups excluding carboxylic acids is 4. The van der Waals surface area contributed by atoms with Crippen molar-refractivity contribution in [2.75, 3.05) is 0 Å². The maximum absolute atomic E-state index is 13.9. The van der Waals surface area contributed by atoms with E-state index in [0.717, 1.165) is 23.5 Å². The molecule has 1 aliphatic rings. The SMILES string of the molecule is O=C(CCC(=O)c1cccs1)C1=C(C(F)(F)F)CC(c2ccc(C(=O)CCC(=O)c3ccccc3F)s2)C=C1. The lowest BCUT2D eigenvalue weighted by Crippen LogP contribution is -2.22. The summed E-state index contributed by atoms with van der Waals surface area (Å²) in [6, 6.07) is 11.8. The van der Waals surface area contributed by atoms with E-state index in [1.165, 1.54) is 41.7 Å². The third kappa shape index (κ3) is 6.93. The molecule has 4 rings (SSSR count). The summed E-state index contributed by atoms with van der Waals surface area (Å²) < 4.78 is 55.6. The predicted octanol–water partition coefficient (Wildman–Crippen LogP) is 7.93. The highest BCUT2D eigenvalue weighted by Crippen LogP contribution is 2.42. The summed E-state index contributed by atoms with van der Waals surface area (Å²) in [7, 11) is 0. The molecule has 0 saturated heterocycles. The molecule has 2 aromatic heterocycles. The molecule has 0 amide bonds. The Morgan fingerprint density at radius 2 is 1.46 bits per heavy atom. The van der Waals surface area contributed by atoms with Crippen LogP contribution in [-0.2, 0) is 4.79 Å². The van der Waals surface area contributed by atoms with Gasteiger partial charge < -0.3 is 0 Å². The molecule has 1 atom stereocenters. The number of benzene rings is 1. The summed E-state index contributed by atoms with van der Waals surface area (Å²) >= 11 is 2.24. The normalized spacial score (nSPS) is 15.4. The Hall–Kier alpha value is -3.50. The highest BCUT2D eigenvalue weighted by atomic mass is 32.1. The molecule has 4 nitrogen and oxygen atoms in total. The van der Waals surface area contributed by atoms with Gasteiger partial charge in [-0.25, -0.2) is 4.39 Å². The van der Waals surface area contributed by atoms with Crippen LogP contribution in [0.1, 0.15) is 72.6 Å². The van der Waals surface area contributed by atoms with Gasteiger partial charge in [-0.2, -0.15) is 13.2 Å². The van der Waals surface area contributed by atoms with Crippen LogP contribution in [0.15, 0.2) is 77.2 Å². The van der Waals surface area contributed by atoms with Gasteiger partial charge in [-0.15, -0.1) is 22.7 Å². The topological polar surface area (TPSA) is 68.3 Å². The summed E-state index contributed by atoms with van der Waals surface area (Å²) in [5, 5.41) is 1.71. The summed E-state index contributed by atoms with van der Waals surface area (Å²) in [5.74, 6) is -3.29. The van der Waals surface area contributed by atoms with Crippen molar-refractivity contribution in [1.29, 1.82) is 0 Å². The monoisotopic (exact) mass is 574 g/mol. The molecule has 1 unspecified atom stereocenters. The maximum atomic E-state index is 13.9. The minimum atomic E-state index is -4.74. The highest BCUT2D eigenvalue weighted by Gasteiger charge is 2.40. The smallest absolute Gasteiger partial charge is 0.294 e. The van der Waals surface area contributed by atoms with E-state index < -0.39 is 47.0 Å². The molecule has 0 N–H and O–H groups in total. The average Bonchev–Trinajstić information content (AvgIpc) is 3.62. The standard InChI is InChI=1S/C29H22F4O4S2/c30-21-5-2-1-4-19(21)23(35)10-12-25(37)28-14-13-26(39-28)17-7-8-18(20(16-17)29(31,32)33)22(34)9-11-24(36)27-6-3-15-38-27/h1-8,13-15,17H,9-12,16H2. The Morgan fingerprint density at radius 3 is 2.13 bits per heavy atom. The zero-order valence-electron chi connectivity index (χ0n) is 20.4. The van der Waals surface area contributed by atoms with E-state index in [1.54, 1.807) is 23.6 Å². The van der Waals surface area contributed by atoms with Gasteiger partial charge in [0.25, 0.3) is 0 Å². The van der Waals surface area contributed by atoms with E-state index in [0.29, 0.717) is 9.75 Å². The van der Waals surface area contributed by atoms with Gasteiger partial charge in [-0.3, -0.25) is 19.2 Å². The second-order valence-electron chi connectivity index (χ2n) is 8.91. The van der Waals surface area contributed by atoms with E-state index in [9.17, 15) is 36.7 Å². The number of rotatable bonds is 11. The number of ketones is 4. The lowest BCUT2D eigenvalue weighted by molar-refractivity contribution is -0.117. The quantitative estimate of drug-likeness (QED) is 0.172. The summed E-state index contributed by atoms with van der Waals surface area (Å²) in [6.45, 7) is 0. The van der Waals surface area contributed by atoms with Crippen LogP contribution in [0.3, 0.4) is 0 Å². The van der Waals surface area contributed by atoms with Crippen molar-refractivity contribution in [3.63, 3.8) is 0 Å². The highest BCUT2D eigenvalue weighted by molar-refractivity contribution is 7.14. The van der Waals surface area contributed by atoms with Crippen molar-refractivity contribution in [1.82, 2.24) is 0 Å². The first kappa shape index (κ1) is 28.5. The fourth-order valence-electron chi connectivity index (χ4n) is 4.23. The number of hydrogen-bond acceptors (Lipinski definition) is 6. The molecule has 39 heavy (non-hydrogen) atoms. The fraction of sp³-hybridized carbons (Fsp3) is 0.241. The second-order valence-corrected chi connectivity index (χ2v) is 11.0.